The summed E-state index contributed by atoms with van der Waals surface area (Å²) in [7, 11) is -4.23. The van der Waals surface area contributed by atoms with Crippen molar-refractivity contribution >= 4 is 15.9 Å². The third-order valence-corrected chi connectivity index (χ3v) is 6.00. The summed E-state index contributed by atoms with van der Waals surface area (Å²) < 4.78 is 53.0. The van der Waals surface area contributed by atoms with Crippen LogP contribution in [0.5, 0.6) is 11.6 Å². The molecular formula is C26H28FN3O5S. The second kappa shape index (κ2) is 11.8. The molecule has 0 fully saturated rings. The van der Waals surface area contributed by atoms with Crippen molar-refractivity contribution in [3.63, 3.8) is 0 Å². The number of benzene rings is 1. The minimum Gasteiger partial charge on any atom is -0.493 e. The standard InChI is InChI=1S/C26H28FN3O5S/c1-5-6-12-34-26-22(25(31)30-36(32,33)24-9-7-8-18(4)28-24)10-11-23(29-26)19-13-20(27)15-21(14-19)35-16-17(2)3/h5-11,13-15,17H,12,16H2,1-4H3,(H,30,31)/b6-5+. The van der Waals surface area contributed by atoms with Gasteiger partial charge in [-0.2, -0.15) is 8.42 Å². The van der Waals surface area contributed by atoms with Gasteiger partial charge in [-0.25, -0.2) is 19.1 Å². The molecule has 8 nitrogen and oxygen atoms in total. The molecule has 0 atom stereocenters. The van der Waals surface area contributed by atoms with Gasteiger partial charge in [0.1, 0.15) is 23.7 Å². The molecule has 0 aliphatic carbocycles. The molecule has 1 amide bonds. The Morgan fingerprint density at radius 1 is 1.11 bits per heavy atom. The number of ether oxygens (including phenoxy) is 2. The molecule has 3 rings (SSSR count). The molecule has 1 aromatic carbocycles. The van der Waals surface area contributed by atoms with E-state index in [1.165, 1.54) is 36.4 Å². The van der Waals surface area contributed by atoms with Crippen LogP contribution in [0, 0.1) is 18.7 Å². The Kier molecular flexibility index (Phi) is 8.76. The Morgan fingerprint density at radius 3 is 2.58 bits per heavy atom. The van der Waals surface area contributed by atoms with Crippen molar-refractivity contribution < 1.29 is 27.1 Å². The highest BCUT2D eigenvalue weighted by Crippen LogP contribution is 2.28. The molecule has 10 heteroatoms. The van der Waals surface area contributed by atoms with E-state index in [2.05, 4.69) is 9.97 Å². The Labute approximate surface area is 210 Å². The van der Waals surface area contributed by atoms with E-state index in [0.29, 0.717) is 29.3 Å². The molecule has 0 aliphatic rings. The second-order valence-corrected chi connectivity index (χ2v) is 9.99. The van der Waals surface area contributed by atoms with Crippen LogP contribution in [-0.4, -0.2) is 37.5 Å². The third-order valence-electron chi connectivity index (χ3n) is 4.77. The number of nitrogens with zero attached hydrogens (tertiary/aromatic N) is 2. The first-order valence-corrected chi connectivity index (χ1v) is 12.8. The van der Waals surface area contributed by atoms with Gasteiger partial charge >= 0.3 is 0 Å². The Bertz CT molecular complexity index is 1370. The summed E-state index contributed by atoms with van der Waals surface area (Å²) in [6.45, 7) is 7.91. The Morgan fingerprint density at radius 2 is 1.89 bits per heavy atom. The lowest BCUT2D eigenvalue weighted by Crippen LogP contribution is -2.31. The number of halogens is 1. The van der Waals surface area contributed by atoms with Gasteiger partial charge in [-0.1, -0.05) is 32.1 Å². The number of pyridine rings is 2. The normalized spacial score (nSPS) is 11.6. The van der Waals surface area contributed by atoms with Crippen LogP contribution < -0.4 is 14.2 Å². The topological polar surface area (TPSA) is 107 Å². The smallest absolute Gasteiger partial charge is 0.281 e. The summed E-state index contributed by atoms with van der Waals surface area (Å²) in [5.41, 5.74) is 1.11. The van der Waals surface area contributed by atoms with Crippen LogP contribution in [-0.2, 0) is 10.0 Å². The summed E-state index contributed by atoms with van der Waals surface area (Å²) >= 11 is 0. The van der Waals surface area contributed by atoms with E-state index in [-0.39, 0.29) is 29.0 Å². The van der Waals surface area contributed by atoms with Crippen molar-refractivity contribution in [2.75, 3.05) is 13.2 Å². The predicted octanol–water partition coefficient (Wildman–Crippen LogP) is 4.70. The van der Waals surface area contributed by atoms with Gasteiger partial charge in [-0.15, -0.1) is 0 Å². The monoisotopic (exact) mass is 513 g/mol. The van der Waals surface area contributed by atoms with Gasteiger partial charge in [0.05, 0.1) is 12.3 Å². The van der Waals surface area contributed by atoms with Crippen molar-refractivity contribution in [3.05, 3.63) is 77.8 Å². The zero-order valence-corrected chi connectivity index (χ0v) is 21.3. The number of aryl methyl sites for hydroxylation is 1. The summed E-state index contributed by atoms with van der Waals surface area (Å²) in [5.74, 6) is -0.957. The van der Waals surface area contributed by atoms with Crippen molar-refractivity contribution in [1.82, 2.24) is 14.7 Å². The van der Waals surface area contributed by atoms with Crippen molar-refractivity contribution in [2.24, 2.45) is 5.92 Å². The number of aromatic nitrogens is 2. The van der Waals surface area contributed by atoms with Crippen LogP contribution in [0.15, 0.2) is 65.7 Å². The van der Waals surface area contributed by atoms with E-state index >= 15 is 0 Å². The van der Waals surface area contributed by atoms with Gasteiger partial charge in [-0.3, -0.25) is 4.79 Å². The Hall–Kier alpha value is -3.79. The first-order chi connectivity index (χ1) is 17.1. The van der Waals surface area contributed by atoms with E-state index in [4.69, 9.17) is 9.47 Å². The number of allylic oxidation sites excluding steroid dienone is 1. The lowest BCUT2D eigenvalue weighted by Gasteiger charge is -2.13. The van der Waals surface area contributed by atoms with Crippen LogP contribution >= 0.6 is 0 Å². The molecule has 190 valence electrons. The van der Waals surface area contributed by atoms with Crippen LogP contribution in [0.3, 0.4) is 0 Å². The average Bonchev–Trinajstić information content (AvgIpc) is 2.82. The molecule has 0 saturated carbocycles. The molecule has 1 N–H and O–H groups in total. The summed E-state index contributed by atoms with van der Waals surface area (Å²) in [6, 6.07) is 11.5. The fraction of sp³-hybridized carbons (Fsp3) is 0.269. The molecule has 0 saturated heterocycles. The largest absolute Gasteiger partial charge is 0.493 e. The van der Waals surface area contributed by atoms with Crippen LogP contribution in [0.4, 0.5) is 4.39 Å². The zero-order valence-electron chi connectivity index (χ0n) is 20.5. The first-order valence-electron chi connectivity index (χ1n) is 11.3. The fourth-order valence-corrected chi connectivity index (χ4v) is 4.04. The molecule has 0 spiro atoms. The molecule has 0 aliphatic heterocycles. The number of carbonyl (C=O) groups excluding carboxylic acids is 1. The SMILES string of the molecule is C/C=C/COc1nc(-c2cc(F)cc(OCC(C)C)c2)ccc1C(=O)NS(=O)(=O)c1cccc(C)n1. The maximum absolute atomic E-state index is 14.3. The van der Waals surface area contributed by atoms with E-state index in [0.717, 1.165) is 0 Å². The number of hydrogen-bond donors (Lipinski definition) is 1. The summed E-state index contributed by atoms with van der Waals surface area (Å²) in [5, 5.41) is -0.287. The molecule has 0 unspecified atom stereocenters. The third kappa shape index (κ3) is 7.11. The number of amides is 1. The van der Waals surface area contributed by atoms with Crippen LogP contribution in [0.25, 0.3) is 11.3 Å². The van der Waals surface area contributed by atoms with Gasteiger partial charge in [0, 0.05) is 17.3 Å². The van der Waals surface area contributed by atoms with Gasteiger partial charge in [0.25, 0.3) is 15.9 Å². The van der Waals surface area contributed by atoms with Gasteiger partial charge in [-0.05, 0) is 56.2 Å². The number of rotatable bonds is 10. The number of sulfonamides is 1. The summed E-state index contributed by atoms with van der Waals surface area (Å²) in [6.07, 6.45) is 3.45. The van der Waals surface area contributed by atoms with Crippen molar-refractivity contribution in [1.29, 1.82) is 0 Å². The number of carbonyl (C=O) groups is 1. The molecule has 3 aromatic rings. The van der Waals surface area contributed by atoms with Crippen molar-refractivity contribution in [3.8, 4) is 22.9 Å². The van der Waals surface area contributed by atoms with Crippen LogP contribution in [0.1, 0.15) is 36.8 Å². The quantitative estimate of drug-likeness (QED) is 0.392. The van der Waals surface area contributed by atoms with Crippen LogP contribution in [0.2, 0.25) is 0 Å². The fourth-order valence-electron chi connectivity index (χ4n) is 3.06. The van der Waals surface area contributed by atoms with Gasteiger partial charge in [0.2, 0.25) is 5.88 Å². The van der Waals surface area contributed by atoms with E-state index in [1.54, 1.807) is 38.1 Å². The molecular weight excluding hydrogens is 485 g/mol. The van der Waals surface area contributed by atoms with E-state index in [1.807, 2.05) is 18.6 Å². The maximum atomic E-state index is 14.3. The highest BCUT2D eigenvalue weighted by Gasteiger charge is 2.24. The lowest BCUT2D eigenvalue weighted by atomic mass is 10.1. The summed E-state index contributed by atoms with van der Waals surface area (Å²) in [4.78, 5) is 21.3. The van der Waals surface area contributed by atoms with Gasteiger partial charge in [0.15, 0.2) is 5.03 Å². The highest BCUT2D eigenvalue weighted by molar-refractivity contribution is 7.90. The first kappa shape index (κ1) is 26.8. The predicted molar refractivity (Wildman–Crippen MR) is 134 cm³/mol. The Balaban J connectivity index is 1.95. The number of hydrogen-bond acceptors (Lipinski definition) is 7. The minimum absolute atomic E-state index is 0.0886. The second-order valence-electron chi connectivity index (χ2n) is 8.36. The molecule has 2 heterocycles. The maximum Gasteiger partial charge on any atom is 0.281 e. The molecule has 0 radical (unpaired) electrons. The minimum atomic E-state index is -4.23. The highest BCUT2D eigenvalue weighted by atomic mass is 32.2. The van der Waals surface area contributed by atoms with E-state index < -0.39 is 21.7 Å². The zero-order chi connectivity index (χ0) is 26.3. The lowest BCUT2D eigenvalue weighted by molar-refractivity contribution is 0.0977. The van der Waals surface area contributed by atoms with Crippen molar-refractivity contribution in [2.45, 2.75) is 32.7 Å². The molecule has 0 bridgehead atoms. The molecule has 2 aromatic heterocycles. The van der Waals surface area contributed by atoms with E-state index in [9.17, 15) is 17.6 Å². The van der Waals surface area contributed by atoms with Gasteiger partial charge < -0.3 is 9.47 Å². The molecule has 36 heavy (non-hydrogen) atoms. The average molecular weight is 514 g/mol. The number of nitrogens with one attached hydrogen (secondary N) is 1.